The van der Waals surface area contributed by atoms with Crippen LogP contribution in [-0.4, -0.2) is 31.2 Å². The summed E-state index contributed by atoms with van der Waals surface area (Å²) in [4.78, 5) is 24.2. The van der Waals surface area contributed by atoms with Crippen LogP contribution in [-0.2, 0) is 9.53 Å². The molecule has 2 amide bonds. The molecule has 1 aliphatic carbocycles. The minimum atomic E-state index is -0.934. The van der Waals surface area contributed by atoms with Crippen LogP contribution in [0.2, 0.25) is 15.1 Å². The summed E-state index contributed by atoms with van der Waals surface area (Å²) in [6.07, 6.45) is 1.95. The topological polar surface area (TPSA) is 67.4 Å². The van der Waals surface area contributed by atoms with E-state index in [4.69, 9.17) is 39.5 Å². The van der Waals surface area contributed by atoms with Crippen LogP contribution in [0.1, 0.15) is 44.1 Å². The third-order valence-corrected chi connectivity index (χ3v) is 6.07. The molecule has 2 aromatic carbocycles. The van der Waals surface area contributed by atoms with Crippen LogP contribution in [0.4, 0.5) is 4.79 Å². The summed E-state index contributed by atoms with van der Waals surface area (Å²) in [5.41, 5.74) is 0.0962. The number of carbonyl (C=O) groups is 2. The Kier molecular flexibility index (Phi) is 9.94. The minimum absolute atomic E-state index is 0.198. The van der Waals surface area contributed by atoms with Crippen LogP contribution in [0.5, 0.6) is 0 Å². The molecule has 2 aromatic rings. The molecule has 0 spiro atoms. The van der Waals surface area contributed by atoms with E-state index in [1.165, 1.54) is 0 Å². The molecule has 0 aromatic heterocycles. The van der Waals surface area contributed by atoms with E-state index >= 15 is 0 Å². The zero-order valence-corrected chi connectivity index (χ0v) is 19.9. The predicted octanol–water partition coefficient (Wildman–Crippen LogP) is 6.22. The molecule has 0 radical (unpaired) electrons. The van der Waals surface area contributed by atoms with Crippen molar-refractivity contribution >= 4 is 46.8 Å². The van der Waals surface area contributed by atoms with Gasteiger partial charge in [0.15, 0.2) is 0 Å². The second-order valence-electron chi connectivity index (χ2n) is 7.24. The van der Waals surface area contributed by atoms with Crippen molar-refractivity contribution in [1.82, 2.24) is 10.6 Å². The first-order valence-electron chi connectivity index (χ1n) is 10.1. The van der Waals surface area contributed by atoms with Gasteiger partial charge >= 0.3 is 6.09 Å². The van der Waals surface area contributed by atoms with Gasteiger partial charge in [-0.3, -0.25) is 4.79 Å². The van der Waals surface area contributed by atoms with Crippen LogP contribution >= 0.6 is 34.8 Å². The van der Waals surface area contributed by atoms with Gasteiger partial charge in [0.25, 0.3) is 0 Å². The lowest BCUT2D eigenvalue weighted by molar-refractivity contribution is -0.128. The van der Waals surface area contributed by atoms with E-state index in [2.05, 4.69) is 10.6 Å². The molecule has 3 rings (SSSR count). The smallest absolute Gasteiger partial charge is 0.407 e. The molecule has 1 fully saturated rings. The van der Waals surface area contributed by atoms with Crippen molar-refractivity contribution in [2.24, 2.45) is 0 Å². The fourth-order valence-electron chi connectivity index (χ4n) is 3.68. The van der Waals surface area contributed by atoms with Gasteiger partial charge in [0, 0.05) is 22.1 Å². The van der Waals surface area contributed by atoms with Gasteiger partial charge in [-0.1, -0.05) is 59.1 Å². The lowest BCUT2D eigenvalue weighted by Gasteiger charge is -2.39. The fraction of sp³-hybridized carbons (Fsp3) is 0.391. The average Bonchev–Trinajstić information content (AvgIpc) is 2.75. The molecule has 0 atom stereocenters. The third-order valence-electron chi connectivity index (χ3n) is 5.25. The zero-order chi connectivity index (χ0) is 22.9. The van der Waals surface area contributed by atoms with Crippen molar-refractivity contribution in [3.8, 4) is 0 Å². The number of hydrogen-bond donors (Lipinski definition) is 2. The Morgan fingerprint density at radius 2 is 1.68 bits per heavy atom. The molecule has 0 saturated heterocycles. The number of amides is 2. The Morgan fingerprint density at radius 1 is 1.03 bits per heavy atom. The first-order chi connectivity index (χ1) is 14.8. The molecule has 5 nitrogen and oxygen atoms in total. The summed E-state index contributed by atoms with van der Waals surface area (Å²) in [7, 11) is 1.57. The summed E-state index contributed by atoms with van der Waals surface area (Å²) in [6.45, 7) is 1.99. The van der Waals surface area contributed by atoms with Crippen molar-refractivity contribution < 1.29 is 14.3 Å². The van der Waals surface area contributed by atoms with Gasteiger partial charge in [-0.05, 0) is 68.4 Å². The molecule has 8 heteroatoms. The van der Waals surface area contributed by atoms with Crippen molar-refractivity contribution in [2.45, 2.75) is 44.1 Å². The first kappa shape index (κ1) is 25.3. The molecule has 168 valence electrons. The Labute approximate surface area is 198 Å². The van der Waals surface area contributed by atoms with Crippen LogP contribution in [0, 0.1) is 0 Å². The summed E-state index contributed by atoms with van der Waals surface area (Å²) < 4.78 is 4.94. The van der Waals surface area contributed by atoms with Gasteiger partial charge in [-0.15, -0.1) is 0 Å². The van der Waals surface area contributed by atoms with Crippen molar-refractivity contribution in [3.05, 3.63) is 69.2 Å². The van der Waals surface area contributed by atoms with Gasteiger partial charge in [0.1, 0.15) is 5.54 Å². The van der Waals surface area contributed by atoms with Crippen LogP contribution in [0.3, 0.4) is 0 Å². The highest BCUT2D eigenvalue weighted by molar-refractivity contribution is 6.35. The van der Waals surface area contributed by atoms with Gasteiger partial charge in [0.2, 0.25) is 5.91 Å². The van der Waals surface area contributed by atoms with E-state index in [1.807, 2.05) is 42.5 Å². The number of benzene rings is 2. The molecule has 1 saturated carbocycles. The second-order valence-corrected chi connectivity index (χ2v) is 8.52. The highest BCUT2D eigenvalue weighted by Gasteiger charge is 2.43. The van der Waals surface area contributed by atoms with Crippen molar-refractivity contribution in [1.29, 1.82) is 0 Å². The minimum Gasteiger partial charge on any atom is -0.450 e. The molecule has 2 N–H and O–H groups in total. The van der Waals surface area contributed by atoms with Crippen LogP contribution in [0.15, 0.2) is 48.5 Å². The number of hydrogen-bond acceptors (Lipinski definition) is 3. The van der Waals surface area contributed by atoms with Gasteiger partial charge in [0.05, 0.1) is 6.61 Å². The number of carbonyl (C=O) groups excluding carboxylic acids is 2. The second kappa shape index (κ2) is 12.2. The van der Waals surface area contributed by atoms with E-state index in [0.29, 0.717) is 22.9 Å². The van der Waals surface area contributed by atoms with Crippen LogP contribution < -0.4 is 10.6 Å². The molecular formula is C23H27Cl3N2O3. The quantitative estimate of drug-likeness (QED) is 0.540. The molecule has 1 aliphatic rings. The van der Waals surface area contributed by atoms with Gasteiger partial charge in [-0.2, -0.15) is 0 Å². The zero-order valence-electron chi connectivity index (χ0n) is 17.6. The van der Waals surface area contributed by atoms with Crippen molar-refractivity contribution in [3.63, 3.8) is 0 Å². The third kappa shape index (κ3) is 7.30. The summed E-state index contributed by atoms with van der Waals surface area (Å²) >= 11 is 17.8. The van der Waals surface area contributed by atoms with E-state index in [1.54, 1.807) is 20.0 Å². The first-order valence-corrected chi connectivity index (χ1v) is 11.3. The predicted molar refractivity (Wildman–Crippen MR) is 126 cm³/mol. The maximum absolute atomic E-state index is 12.4. The van der Waals surface area contributed by atoms with Gasteiger partial charge < -0.3 is 15.4 Å². The Hall–Kier alpha value is -1.95. The Morgan fingerprint density at radius 3 is 2.16 bits per heavy atom. The van der Waals surface area contributed by atoms with E-state index in [9.17, 15) is 9.59 Å². The lowest BCUT2D eigenvalue weighted by Crippen LogP contribution is -2.59. The number of halogens is 3. The maximum Gasteiger partial charge on any atom is 0.407 e. The fourth-order valence-corrected chi connectivity index (χ4v) is 4.39. The SMILES string of the molecule is CCOC(=O)NC1(C(=O)NC)CCC(c2ccc(Cl)cc2Cl)CC1.Clc1ccccc1. The highest BCUT2D eigenvalue weighted by atomic mass is 35.5. The van der Waals surface area contributed by atoms with E-state index in [-0.39, 0.29) is 18.4 Å². The number of nitrogens with one attached hydrogen (secondary N) is 2. The number of alkyl carbamates (subject to hydrolysis) is 1. The van der Waals surface area contributed by atoms with Gasteiger partial charge in [-0.25, -0.2) is 4.79 Å². The molecule has 31 heavy (non-hydrogen) atoms. The largest absolute Gasteiger partial charge is 0.450 e. The summed E-state index contributed by atoms with van der Waals surface area (Å²) in [5, 5.41) is 7.43. The molecular weight excluding hydrogens is 459 g/mol. The van der Waals surface area contributed by atoms with Crippen molar-refractivity contribution in [2.75, 3.05) is 13.7 Å². The molecule has 0 unspecified atom stereocenters. The number of likely N-dealkylation sites (N-methyl/N-ethyl adjacent to an activating group) is 1. The molecule has 0 aliphatic heterocycles. The molecule has 0 heterocycles. The normalized spacial score (nSPS) is 20.1. The highest BCUT2D eigenvalue weighted by Crippen LogP contribution is 2.41. The summed E-state index contributed by atoms with van der Waals surface area (Å²) in [5.74, 6) is 0.0350. The number of ether oxygens (including phenoxy) is 1. The monoisotopic (exact) mass is 484 g/mol. The van der Waals surface area contributed by atoms with Crippen LogP contribution in [0.25, 0.3) is 0 Å². The Balaban J connectivity index is 0.000000412. The van der Waals surface area contributed by atoms with E-state index in [0.717, 1.165) is 23.4 Å². The van der Waals surface area contributed by atoms with E-state index < -0.39 is 11.6 Å². The standard InChI is InChI=1S/C17H22Cl2N2O3.C6H5Cl/c1-3-24-16(23)21-17(15(22)20-2)8-6-11(7-9-17)13-5-4-12(18)10-14(13)19;7-6-4-2-1-3-5-6/h4-5,10-11H,3,6-9H2,1-2H3,(H,20,22)(H,21,23);1-5H. The Bertz CT molecular complexity index is 870. The maximum atomic E-state index is 12.4. The molecule has 0 bridgehead atoms. The average molecular weight is 486 g/mol. The summed E-state index contributed by atoms with van der Waals surface area (Å²) in [6, 6.07) is 14.9. The lowest BCUT2D eigenvalue weighted by atomic mass is 9.73. The number of rotatable bonds is 4.